The molecule has 4 nitrogen and oxygen atoms in total. The van der Waals surface area contributed by atoms with Crippen molar-refractivity contribution in [2.75, 3.05) is 11.9 Å². The van der Waals surface area contributed by atoms with Gasteiger partial charge in [-0.3, -0.25) is 0 Å². The number of nitrogens with zero attached hydrogens (tertiary/aromatic N) is 1. The summed E-state index contributed by atoms with van der Waals surface area (Å²) in [6.07, 6.45) is 2.50. The number of para-hydroxylation sites is 1. The molecule has 0 aliphatic carbocycles. The number of nitrogens with two attached hydrogens (primary N) is 1. The summed E-state index contributed by atoms with van der Waals surface area (Å²) in [4.78, 5) is 0. The summed E-state index contributed by atoms with van der Waals surface area (Å²) in [5, 5.41) is 15.1. The van der Waals surface area contributed by atoms with Crippen molar-refractivity contribution in [2.45, 2.75) is 33.1 Å². The van der Waals surface area contributed by atoms with Gasteiger partial charge in [-0.1, -0.05) is 43.1 Å². The van der Waals surface area contributed by atoms with E-state index in [9.17, 15) is 4.39 Å². The lowest BCUT2D eigenvalue weighted by atomic mass is 9.86. The molecule has 0 heterocycles. The molecule has 0 aliphatic rings. The molecule has 0 aromatic heterocycles. The maximum absolute atomic E-state index is 13.5. The van der Waals surface area contributed by atoms with Gasteiger partial charge >= 0.3 is 0 Å². The molecule has 1 aromatic carbocycles. The predicted molar refractivity (Wildman–Crippen MR) is 80.9 cm³/mol. The van der Waals surface area contributed by atoms with Gasteiger partial charge < -0.3 is 16.3 Å². The van der Waals surface area contributed by atoms with Crippen LogP contribution in [0.1, 0.15) is 33.1 Å². The van der Waals surface area contributed by atoms with Gasteiger partial charge in [-0.05, 0) is 25.0 Å². The van der Waals surface area contributed by atoms with Crippen LogP contribution in [-0.4, -0.2) is 17.6 Å². The van der Waals surface area contributed by atoms with E-state index in [1.54, 1.807) is 12.1 Å². The SMILES string of the molecule is CC(C)(CCCCNc1c(F)cccc1Cl)/C(N)=N/O. The highest BCUT2D eigenvalue weighted by atomic mass is 35.5. The van der Waals surface area contributed by atoms with Gasteiger partial charge in [-0.15, -0.1) is 0 Å². The number of hydrogen-bond donors (Lipinski definition) is 3. The van der Waals surface area contributed by atoms with Gasteiger partial charge in [0.25, 0.3) is 0 Å². The van der Waals surface area contributed by atoms with Crippen LogP contribution < -0.4 is 11.1 Å². The molecule has 0 saturated heterocycles. The van der Waals surface area contributed by atoms with Crippen LogP contribution in [-0.2, 0) is 0 Å². The van der Waals surface area contributed by atoms with Crippen LogP contribution in [0, 0.1) is 11.2 Å². The Morgan fingerprint density at radius 2 is 2.15 bits per heavy atom. The van der Waals surface area contributed by atoms with Crippen molar-refractivity contribution in [3.8, 4) is 0 Å². The average Bonchev–Trinajstić information content (AvgIpc) is 2.40. The van der Waals surface area contributed by atoms with E-state index in [-0.39, 0.29) is 17.1 Å². The van der Waals surface area contributed by atoms with E-state index in [0.29, 0.717) is 17.3 Å². The summed E-state index contributed by atoms with van der Waals surface area (Å²) in [5.74, 6) is -0.128. The summed E-state index contributed by atoms with van der Waals surface area (Å²) in [7, 11) is 0. The standard InChI is InChI=1S/C14H21ClFN3O/c1-14(2,13(17)19-20)8-3-4-9-18-12-10(15)6-5-7-11(12)16/h5-7,18,20H,3-4,8-9H2,1-2H3,(H2,17,19). The second-order valence-electron chi connectivity index (χ2n) is 5.35. The van der Waals surface area contributed by atoms with Gasteiger partial charge in [-0.2, -0.15) is 0 Å². The first-order valence-corrected chi connectivity index (χ1v) is 6.92. The van der Waals surface area contributed by atoms with Gasteiger partial charge in [0.05, 0.1) is 10.7 Å². The Morgan fingerprint density at radius 3 is 2.75 bits per heavy atom. The quantitative estimate of drug-likeness (QED) is 0.236. The smallest absolute Gasteiger partial charge is 0.147 e. The molecular weight excluding hydrogens is 281 g/mol. The van der Waals surface area contributed by atoms with Crippen LogP contribution in [0.4, 0.5) is 10.1 Å². The highest BCUT2D eigenvalue weighted by Gasteiger charge is 2.22. The molecule has 0 bridgehead atoms. The number of rotatable bonds is 7. The lowest BCUT2D eigenvalue weighted by molar-refractivity contribution is 0.304. The van der Waals surface area contributed by atoms with Gasteiger partial charge in [-0.25, -0.2) is 4.39 Å². The van der Waals surface area contributed by atoms with E-state index in [4.69, 9.17) is 22.5 Å². The Balaban J connectivity index is 2.36. The number of amidine groups is 1. The van der Waals surface area contributed by atoms with Gasteiger partial charge in [0, 0.05) is 12.0 Å². The largest absolute Gasteiger partial charge is 0.409 e. The van der Waals surface area contributed by atoms with Crippen molar-refractivity contribution in [3.05, 3.63) is 29.0 Å². The summed E-state index contributed by atoms with van der Waals surface area (Å²) in [5.41, 5.74) is 5.61. The molecule has 0 aliphatic heterocycles. The van der Waals surface area contributed by atoms with Crippen LogP contribution >= 0.6 is 11.6 Å². The number of anilines is 1. The first-order valence-electron chi connectivity index (χ1n) is 6.54. The topological polar surface area (TPSA) is 70.6 Å². The van der Waals surface area contributed by atoms with Crippen LogP contribution in [0.15, 0.2) is 23.4 Å². The fourth-order valence-electron chi connectivity index (χ4n) is 1.84. The molecule has 20 heavy (non-hydrogen) atoms. The van der Waals surface area contributed by atoms with Crippen LogP contribution in [0.2, 0.25) is 5.02 Å². The van der Waals surface area contributed by atoms with Crippen molar-refractivity contribution >= 4 is 23.1 Å². The zero-order valence-electron chi connectivity index (χ0n) is 11.8. The van der Waals surface area contributed by atoms with Crippen molar-refractivity contribution in [2.24, 2.45) is 16.3 Å². The Labute approximate surface area is 123 Å². The third kappa shape index (κ3) is 4.56. The van der Waals surface area contributed by atoms with E-state index in [1.807, 2.05) is 13.8 Å². The Hall–Kier alpha value is -1.49. The Bertz CT molecular complexity index is 457. The van der Waals surface area contributed by atoms with Gasteiger partial charge in [0.2, 0.25) is 0 Å². The number of nitrogens with one attached hydrogen (secondary N) is 1. The summed E-state index contributed by atoms with van der Waals surface area (Å²) in [6, 6.07) is 4.59. The van der Waals surface area contributed by atoms with Crippen molar-refractivity contribution in [1.82, 2.24) is 0 Å². The fraction of sp³-hybridized carbons (Fsp3) is 0.500. The third-order valence-electron chi connectivity index (χ3n) is 3.29. The zero-order valence-corrected chi connectivity index (χ0v) is 12.5. The first kappa shape index (κ1) is 16.6. The molecule has 0 unspecified atom stereocenters. The molecule has 0 amide bonds. The maximum Gasteiger partial charge on any atom is 0.147 e. The maximum atomic E-state index is 13.5. The molecule has 4 N–H and O–H groups in total. The number of oxime groups is 1. The monoisotopic (exact) mass is 301 g/mol. The number of benzene rings is 1. The summed E-state index contributed by atoms with van der Waals surface area (Å²) >= 11 is 5.91. The molecule has 0 atom stereocenters. The minimum Gasteiger partial charge on any atom is -0.409 e. The highest BCUT2D eigenvalue weighted by molar-refractivity contribution is 6.33. The number of halogens is 2. The van der Waals surface area contributed by atoms with E-state index in [1.165, 1.54) is 6.07 Å². The molecule has 1 aromatic rings. The van der Waals surface area contributed by atoms with Gasteiger partial charge in [0.15, 0.2) is 0 Å². The molecule has 112 valence electrons. The normalized spacial score (nSPS) is 12.5. The van der Waals surface area contributed by atoms with Crippen LogP contribution in [0.25, 0.3) is 0 Å². The summed E-state index contributed by atoms with van der Waals surface area (Å²) in [6.45, 7) is 4.46. The molecule has 1 rings (SSSR count). The van der Waals surface area contributed by atoms with E-state index in [0.717, 1.165) is 19.3 Å². The molecule has 0 fully saturated rings. The minimum atomic E-state index is -0.352. The predicted octanol–water partition coefficient (Wildman–Crippen LogP) is 3.83. The number of unbranched alkanes of at least 4 members (excludes halogenated alkanes) is 1. The van der Waals surface area contributed by atoms with E-state index >= 15 is 0 Å². The lowest BCUT2D eigenvalue weighted by Gasteiger charge is -2.22. The second-order valence-corrected chi connectivity index (χ2v) is 5.76. The Kier molecular flexibility index (Phi) is 6.07. The third-order valence-corrected chi connectivity index (χ3v) is 3.61. The first-order chi connectivity index (χ1) is 9.38. The molecule has 0 saturated carbocycles. The molecule has 0 spiro atoms. The van der Waals surface area contributed by atoms with E-state index < -0.39 is 0 Å². The van der Waals surface area contributed by atoms with Crippen LogP contribution in [0.5, 0.6) is 0 Å². The zero-order chi connectivity index (χ0) is 15.2. The van der Waals surface area contributed by atoms with Crippen LogP contribution in [0.3, 0.4) is 0 Å². The average molecular weight is 302 g/mol. The van der Waals surface area contributed by atoms with Crippen molar-refractivity contribution < 1.29 is 9.60 Å². The second kappa shape index (κ2) is 7.33. The molecule has 0 radical (unpaired) electrons. The van der Waals surface area contributed by atoms with Crippen molar-refractivity contribution in [3.63, 3.8) is 0 Å². The summed E-state index contributed by atoms with van der Waals surface area (Å²) < 4.78 is 13.5. The molecular formula is C14H21ClFN3O. The van der Waals surface area contributed by atoms with Gasteiger partial charge in [0.1, 0.15) is 11.7 Å². The minimum absolute atomic E-state index is 0.225. The van der Waals surface area contributed by atoms with Crippen molar-refractivity contribution in [1.29, 1.82) is 0 Å². The number of hydrogen-bond acceptors (Lipinski definition) is 3. The van der Waals surface area contributed by atoms with E-state index in [2.05, 4.69) is 10.5 Å². The highest BCUT2D eigenvalue weighted by Crippen LogP contribution is 2.26. The fourth-order valence-corrected chi connectivity index (χ4v) is 2.07. The molecule has 6 heteroatoms. The lowest BCUT2D eigenvalue weighted by Crippen LogP contribution is -2.31. The Morgan fingerprint density at radius 1 is 1.45 bits per heavy atom.